The highest BCUT2D eigenvalue weighted by Crippen LogP contribution is 2.28. The van der Waals surface area contributed by atoms with Crippen molar-refractivity contribution in [2.75, 3.05) is 12.4 Å². The van der Waals surface area contributed by atoms with Crippen molar-refractivity contribution in [3.63, 3.8) is 0 Å². The summed E-state index contributed by atoms with van der Waals surface area (Å²) in [4.78, 5) is 18.1. The minimum absolute atomic E-state index is 0.0917. The Labute approximate surface area is 191 Å². The molecule has 1 N–H and O–H groups in total. The molecule has 0 fully saturated rings. The third-order valence-electron chi connectivity index (χ3n) is 5.46. The number of hydrogen-bond donors (Lipinski definition) is 1. The Hall–Kier alpha value is -4.45. The number of ether oxygens (including phenoxy) is 1. The van der Waals surface area contributed by atoms with Crippen molar-refractivity contribution >= 4 is 17.2 Å². The number of nitrogens with one attached hydrogen (secondary N) is 1. The van der Waals surface area contributed by atoms with Gasteiger partial charge in [-0.15, -0.1) is 5.10 Å². The quantitative estimate of drug-likeness (QED) is 0.400. The van der Waals surface area contributed by atoms with E-state index >= 15 is 0 Å². The number of aromatic nitrogens is 3. The predicted molar refractivity (Wildman–Crippen MR) is 128 cm³/mol. The molecule has 0 saturated heterocycles. The van der Waals surface area contributed by atoms with Crippen LogP contribution in [-0.4, -0.2) is 27.6 Å². The fourth-order valence-electron chi connectivity index (χ4n) is 3.87. The van der Waals surface area contributed by atoms with Crippen LogP contribution < -0.4 is 10.1 Å². The van der Waals surface area contributed by atoms with Gasteiger partial charge in [-0.3, -0.25) is 4.79 Å². The van der Waals surface area contributed by atoms with Crippen LogP contribution in [0.1, 0.15) is 17.0 Å². The maximum atomic E-state index is 13.4. The fourth-order valence-corrected chi connectivity index (χ4v) is 3.87. The number of amides is 1. The summed E-state index contributed by atoms with van der Waals surface area (Å²) in [7, 11) is 1.58. The van der Waals surface area contributed by atoms with Gasteiger partial charge in [0.25, 0.3) is 0 Å². The summed E-state index contributed by atoms with van der Waals surface area (Å²) in [5.74, 6) is 0.00852. The highest BCUT2D eigenvalue weighted by Gasteiger charge is 2.22. The third kappa shape index (κ3) is 4.32. The van der Waals surface area contributed by atoms with Crippen molar-refractivity contribution in [3.8, 4) is 17.1 Å². The van der Waals surface area contributed by atoms with Gasteiger partial charge >= 0.3 is 0 Å². The second kappa shape index (κ2) is 8.96. The van der Waals surface area contributed by atoms with E-state index in [1.54, 1.807) is 17.7 Å². The van der Waals surface area contributed by atoms with E-state index in [2.05, 4.69) is 15.4 Å². The molecule has 3 aromatic carbocycles. The zero-order chi connectivity index (χ0) is 22.6. The molecule has 0 radical (unpaired) electrons. The summed E-state index contributed by atoms with van der Waals surface area (Å²) in [5, 5.41) is 7.46. The van der Waals surface area contributed by atoms with Gasteiger partial charge in [-0.25, -0.2) is 9.50 Å². The highest BCUT2D eigenvalue weighted by atomic mass is 16.5. The van der Waals surface area contributed by atoms with Crippen LogP contribution in [0.2, 0.25) is 0 Å². The molecule has 0 atom stereocenters. The minimum Gasteiger partial charge on any atom is -0.480 e. The van der Waals surface area contributed by atoms with Crippen molar-refractivity contribution in [2.24, 2.45) is 0 Å². The van der Waals surface area contributed by atoms with Crippen LogP contribution in [0.25, 0.3) is 16.9 Å². The van der Waals surface area contributed by atoms with Crippen LogP contribution in [0.5, 0.6) is 5.88 Å². The lowest BCUT2D eigenvalue weighted by Crippen LogP contribution is -2.22. The van der Waals surface area contributed by atoms with E-state index < -0.39 is 5.92 Å². The summed E-state index contributed by atoms with van der Waals surface area (Å²) in [5.41, 5.74) is 4.95. The van der Waals surface area contributed by atoms with E-state index in [-0.39, 0.29) is 5.91 Å². The SMILES string of the molecule is COc1ccc2nc(-c3cccc(NC(=O)C(c4ccccc4)c4ccccc4)c3)cn2n1. The molecule has 0 bridgehead atoms. The monoisotopic (exact) mass is 434 g/mol. The predicted octanol–water partition coefficient (Wildman–Crippen LogP) is 5.18. The molecule has 6 nitrogen and oxygen atoms in total. The largest absolute Gasteiger partial charge is 0.480 e. The van der Waals surface area contributed by atoms with E-state index in [1.165, 1.54) is 0 Å². The molecule has 0 aliphatic rings. The second-order valence-electron chi connectivity index (χ2n) is 7.63. The van der Waals surface area contributed by atoms with Crippen molar-refractivity contribution in [1.29, 1.82) is 0 Å². The zero-order valence-corrected chi connectivity index (χ0v) is 18.1. The molecule has 2 aromatic heterocycles. The molecule has 0 aliphatic heterocycles. The van der Waals surface area contributed by atoms with Crippen LogP contribution in [-0.2, 0) is 4.79 Å². The molecule has 6 heteroatoms. The number of hydrogen-bond acceptors (Lipinski definition) is 4. The molecule has 162 valence electrons. The van der Waals surface area contributed by atoms with Crippen LogP contribution in [0.15, 0.2) is 103 Å². The third-order valence-corrected chi connectivity index (χ3v) is 5.46. The van der Waals surface area contributed by atoms with Crippen LogP contribution in [0.3, 0.4) is 0 Å². The molecule has 0 aliphatic carbocycles. The molecule has 1 amide bonds. The number of anilines is 1. The van der Waals surface area contributed by atoms with Gasteiger partial charge in [-0.05, 0) is 29.3 Å². The number of benzene rings is 3. The van der Waals surface area contributed by atoms with E-state index in [4.69, 9.17) is 4.74 Å². The zero-order valence-electron chi connectivity index (χ0n) is 18.1. The van der Waals surface area contributed by atoms with Crippen LogP contribution >= 0.6 is 0 Å². The second-order valence-corrected chi connectivity index (χ2v) is 7.63. The molecule has 0 saturated carbocycles. The molecule has 0 spiro atoms. The van der Waals surface area contributed by atoms with E-state index in [0.29, 0.717) is 17.2 Å². The number of nitrogens with zero attached hydrogens (tertiary/aromatic N) is 3. The molecule has 0 unspecified atom stereocenters. The van der Waals surface area contributed by atoms with E-state index in [9.17, 15) is 4.79 Å². The van der Waals surface area contributed by atoms with Gasteiger partial charge in [0.15, 0.2) is 5.65 Å². The minimum atomic E-state index is -0.414. The normalized spacial score (nSPS) is 11.0. The average Bonchev–Trinajstić information content (AvgIpc) is 3.29. The number of rotatable bonds is 6. The van der Waals surface area contributed by atoms with Gasteiger partial charge < -0.3 is 10.1 Å². The summed E-state index contributed by atoms with van der Waals surface area (Å²) in [6, 6.07) is 30.9. The smallest absolute Gasteiger partial charge is 0.236 e. The number of fused-ring (bicyclic) bond motifs is 1. The van der Waals surface area contributed by atoms with Crippen molar-refractivity contribution in [1.82, 2.24) is 14.6 Å². The number of imidazole rings is 1. The van der Waals surface area contributed by atoms with Gasteiger partial charge in [-0.1, -0.05) is 72.8 Å². The highest BCUT2D eigenvalue weighted by molar-refractivity contribution is 5.98. The Morgan fingerprint density at radius 1 is 0.879 bits per heavy atom. The van der Waals surface area contributed by atoms with Crippen LogP contribution in [0, 0.1) is 0 Å². The first-order chi connectivity index (χ1) is 16.2. The molecule has 5 rings (SSSR count). The van der Waals surface area contributed by atoms with Gasteiger partial charge in [0.05, 0.1) is 24.9 Å². The molecule has 33 heavy (non-hydrogen) atoms. The van der Waals surface area contributed by atoms with E-state index in [1.807, 2.05) is 97.2 Å². The summed E-state index contributed by atoms with van der Waals surface area (Å²) >= 11 is 0. The van der Waals surface area contributed by atoms with Gasteiger partial charge in [0, 0.05) is 17.3 Å². The van der Waals surface area contributed by atoms with E-state index in [0.717, 1.165) is 22.4 Å². The maximum Gasteiger partial charge on any atom is 0.236 e. The first-order valence-corrected chi connectivity index (χ1v) is 10.6. The van der Waals surface area contributed by atoms with Crippen molar-refractivity contribution in [3.05, 3.63) is 114 Å². The summed E-state index contributed by atoms with van der Waals surface area (Å²) in [6.07, 6.45) is 1.84. The summed E-state index contributed by atoms with van der Waals surface area (Å²) in [6.45, 7) is 0. The Balaban J connectivity index is 1.44. The molecule has 2 heterocycles. The maximum absolute atomic E-state index is 13.4. The van der Waals surface area contributed by atoms with Gasteiger partial charge in [0.2, 0.25) is 11.8 Å². The number of carbonyl (C=O) groups is 1. The Kier molecular flexibility index (Phi) is 5.55. The lowest BCUT2D eigenvalue weighted by molar-refractivity contribution is -0.116. The molecule has 5 aromatic rings. The standard InChI is InChI=1S/C27H22N4O2/c1-33-25-16-15-24-29-23(18-31(24)30-25)21-13-8-14-22(17-21)28-27(32)26(19-9-4-2-5-10-19)20-11-6-3-7-12-20/h2-18,26H,1H3,(H,28,32). The van der Waals surface area contributed by atoms with Gasteiger partial charge in [0.1, 0.15) is 0 Å². The van der Waals surface area contributed by atoms with Crippen molar-refractivity contribution in [2.45, 2.75) is 5.92 Å². The lowest BCUT2D eigenvalue weighted by Gasteiger charge is -2.18. The Morgan fingerprint density at radius 2 is 1.58 bits per heavy atom. The Bertz CT molecular complexity index is 1360. The topological polar surface area (TPSA) is 68.5 Å². The average molecular weight is 434 g/mol. The first-order valence-electron chi connectivity index (χ1n) is 10.6. The summed E-state index contributed by atoms with van der Waals surface area (Å²) < 4.78 is 6.87. The number of methoxy groups -OCH3 is 1. The number of carbonyl (C=O) groups excluding carboxylic acids is 1. The first kappa shape index (κ1) is 20.5. The lowest BCUT2D eigenvalue weighted by atomic mass is 9.90. The van der Waals surface area contributed by atoms with Gasteiger partial charge in [-0.2, -0.15) is 0 Å². The molecular formula is C27H22N4O2. The molecular weight excluding hydrogens is 412 g/mol. The Morgan fingerprint density at radius 3 is 2.24 bits per heavy atom. The van der Waals surface area contributed by atoms with Crippen LogP contribution in [0.4, 0.5) is 5.69 Å². The fraction of sp³-hybridized carbons (Fsp3) is 0.0741. The van der Waals surface area contributed by atoms with Crippen molar-refractivity contribution < 1.29 is 9.53 Å².